The van der Waals surface area contributed by atoms with Gasteiger partial charge in [0.2, 0.25) is 0 Å². The summed E-state index contributed by atoms with van der Waals surface area (Å²) in [6.45, 7) is 14.8. The molecular formula is C28H44N4O4. The van der Waals surface area contributed by atoms with Crippen LogP contribution in [0.5, 0.6) is 11.5 Å². The molecule has 1 aliphatic heterocycles. The first-order chi connectivity index (χ1) is 17.3. The van der Waals surface area contributed by atoms with E-state index in [1.807, 2.05) is 36.1 Å². The van der Waals surface area contributed by atoms with Gasteiger partial charge in [-0.25, -0.2) is 4.98 Å². The van der Waals surface area contributed by atoms with Gasteiger partial charge in [0.25, 0.3) is 0 Å². The van der Waals surface area contributed by atoms with Crippen LogP contribution in [0.15, 0.2) is 36.9 Å². The summed E-state index contributed by atoms with van der Waals surface area (Å²) in [5.74, 6) is 2.36. The molecule has 0 radical (unpaired) electrons. The Hall–Kier alpha value is -2.16. The second-order valence-corrected chi connectivity index (χ2v) is 11.6. The molecular weight excluding hydrogens is 456 g/mol. The Balaban J connectivity index is 1.43. The van der Waals surface area contributed by atoms with Gasteiger partial charge in [0.1, 0.15) is 29.8 Å². The lowest BCUT2D eigenvalue weighted by molar-refractivity contribution is -0.112. The summed E-state index contributed by atoms with van der Waals surface area (Å²) in [7, 11) is 1.86. The molecule has 1 saturated carbocycles. The number of nitrogens with zero attached hydrogens (tertiary/aromatic N) is 4. The lowest BCUT2D eigenvalue weighted by Gasteiger charge is -2.49. The predicted molar refractivity (Wildman–Crippen MR) is 139 cm³/mol. The zero-order valence-electron chi connectivity index (χ0n) is 22.7. The summed E-state index contributed by atoms with van der Waals surface area (Å²) in [5, 5.41) is 4.41. The summed E-state index contributed by atoms with van der Waals surface area (Å²) in [6.07, 6.45) is 6.86. The molecule has 4 atom stereocenters. The van der Waals surface area contributed by atoms with Crippen LogP contribution in [0.4, 0.5) is 0 Å². The number of benzene rings is 1. The fourth-order valence-electron chi connectivity index (χ4n) is 5.76. The van der Waals surface area contributed by atoms with Crippen LogP contribution in [0.1, 0.15) is 47.0 Å². The third-order valence-corrected chi connectivity index (χ3v) is 7.70. The molecule has 0 amide bonds. The molecule has 1 saturated heterocycles. The standard InChI is InChI=1S/C28H44N4O4/c1-27(2,3)36-24-8-6-23(7-9-24)35-19-22-10-11-28(4,12-13-31-14-16-34-17-15-31)26(33-5)25(22)18-32-21-29-20-30-32/h6-9,20-22,25-26H,10-19H2,1-5H3/t22-,25-,26?,28-/m0/s1. The third kappa shape index (κ3) is 7.20. The van der Waals surface area contributed by atoms with Crippen molar-refractivity contribution in [3.63, 3.8) is 0 Å². The highest BCUT2D eigenvalue weighted by Crippen LogP contribution is 2.47. The highest BCUT2D eigenvalue weighted by molar-refractivity contribution is 5.31. The van der Waals surface area contributed by atoms with E-state index < -0.39 is 0 Å². The van der Waals surface area contributed by atoms with Crippen LogP contribution >= 0.6 is 0 Å². The lowest BCUT2D eigenvalue weighted by atomic mass is 9.62. The summed E-state index contributed by atoms with van der Waals surface area (Å²) >= 11 is 0. The predicted octanol–water partition coefficient (Wildman–Crippen LogP) is 4.30. The van der Waals surface area contributed by atoms with Crippen molar-refractivity contribution in [3.8, 4) is 11.5 Å². The molecule has 1 unspecified atom stereocenters. The topological polar surface area (TPSA) is 70.9 Å². The van der Waals surface area contributed by atoms with Crippen molar-refractivity contribution in [3.05, 3.63) is 36.9 Å². The maximum atomic E-state index is 6.32. The van der Waals surface area contributed by atoms with Crippen molar-refractivity contribution in [2.24, 2.45) is 17.3 Å². The molecule has 1 aromatic heterocycles. The Kier molecular flexibility index (Phi) is 8.91. The second-order valence-electron chi connectivity index (χ2n) is 11.6. The Bertz CT molecular complexity index is 909. The average Bonchev–Trinajstić information content (AvgIpc) is 3.36. The number of hydrogen-bond donors (Lipinski definition) is 0. The minimum Gasteiger partial charge on any atom is -0.493 e. The van der Waals surface area contributed by atoms with Gasteiger partial charge in [-0.05, 0) is 76.3 Å². The number of morpholine rings is 1. The number of hydrogen-bond acceptors (Lipinski definition) is 7. The first-order valence-corrected chi connectivity index (χ1v) is 13.3. The molecule has 2 fully saturated rings. The summed E-state index contributed by atoms with van der Waals surface area (Å²) in [5.41, 5.74) is -0.122. The fourth-order valence-corrected chi connectivity index (χ4v) is 5.76. The van der Waals surface area contributed by atoms with Gasteiger partial charge in [-0.1, -0.05) is 6.92 Å². The van der Waals surface area contributed by atoms with E-state index in [0.29, 0.717) is 12.5 Å². The Morgan fingerprint density at radius 3 is 2.47 bits per heavy atom. The van der Waals surface area contributed by atoms with E-state index in [1.165, 1.54) is 0 Å². The van der Waals surface area contributed by atoms with Gasteiger partial charge in [0.05, 0.1) is 25.9 Å². The molecule has 0 spiro atoms. The molecule has 2 heterocycles. The van der Waals surface area contributed by atoms with Crippen LogP contribution in [-0.4, -0.2) is 77.9 Å². The molecule has 200 valence electrons. The van der Waals surface area contributed by atoms with Gasteiger partial charge < -0.3 is 18.9 Å². The van der Waals surface area contributed by atoms with E-state index in [0.717, 1.165) is 70.2 Å². The van der Waals surface area contributed by atoms with Gasteiger partial charge in [-0.3, -0.25) is 9.58 Å². The molecule has 36 heavy (non-hydrogen) atoms. The van der Waals surface area contributed by atoms with Crippen LogP contribution < -0.4 is 9.47 Å². The highest BCUT2D eigenvalue weighted by Gasteiger charge is 2.47. The van der Waals surface area contributed by atoms with Gasteiger partial charge in [0.15, 0.2) is 0 Å². The average molecular weight is 501 g/mol. The molecule has 8 heteroatoms. The number of rotatable bonds is 10. The molecule has 1 aliphatic carbocycles. The van der Waals surface area contributed by atoms with E-state index in [2.05, 4.69) is 42.7 Å². The molecule has 2 aromatic rings. The molecule has 0 bridgehead atoms. The maximum Gasteiger partial charge on any atom is 0.137 e. The number of ether oxygens (including phenoxy) is 4. The Morgan fingerprint density at radius 1 is 1.11 bits per heavy atom. The third-order valence-electron chi connectivity index (χ3n) is 7.70. The van der Waals surface area contributed by atoms with E-state index >= 15 is 0 Å². The van der Waals surface area contributed by atoms with Crippen molar-refractivity contribution < 1.29 is 18.9 Å². The largest absolute Gasteiger partial charge is 0.493 e. The zero-order valence-corrected chi connectivity index (χ0v) is 22.7. The van der Waals surface area contributed by atoms with Crippen molar-refractivity contribution in [2.45, 2.75) is 65.2 Å². The van der Waals surface area contributed by atoms with Crippen LogP contribution in [-0.2, 0) is 16.0 Å². The maximum absolute atomic E-state index is 6.32. The number of aromatic nitrogens is 3. The van der Waals surface area contributed by atoms with Crippen molar-refractivity contribution in [1.29, 1.82) is 0 Å². The highest BCUT2D eigenvalue weighted by atomic mass is 16.5. The fraction of sp³-hybridized carbons (Fsp3) is 0.714. The number of methoxy groups -OCH3 is 1. The van der Waals surface area contributed by atoms with E-state index in [4.69, 9.17) is 18.9 Å². The molecule has 8 nitrogen and oxygen atoms in total. The van der Waals surface area contributed by atoms with Gasteiger partial charge in [-0.15, -0.1) is 0 Å². The summed E-state index contributed by atoms with van der Waals surface area (Å²) in [4.78, 5) is 6.70. The summed E-state index contributed by atoms with van der Waals surface area (Å²) in [6, 6.07) is 7.96. The second kappa shape index (κ2) is 11.9. The van der Waals surface area contributed by atoms with Gasteiger partial charge in [-0.2, -0.15) is 5.10 Å². The lowest BCUT2D eigenvalue weighted by Crippen LogP contribution is -2.51. The van der Waals surface area contributed by atoms with Crippen molar-refractivity contribution in [1.82, 2.24) is 19.7 Å². The monoisotopic (exact) mass is 500 g/mol. The van der Waals surface area contributed by atoms with Gasteiger partial charge >= 0.3 is 0 Å². The molecule has 0 N–H and O–H groups in total. The minimum atomic E-state index is -0.220. The van der Waals surface area contributed by atoms with Crippen LogP contribution in [0, 0.1) is 17.3 Å². The SMILES string of the molecule is COC1[C@@H](Cn2cncn2)[C@H](COc2ccc(OC(C)(C)C)cc2)CC[C@@]1(C)CCN1CCOCC1. The Labute approximate surface area is 216 Å². The smallest absolute Gasteiger partial charge is 0.137 e. The first kappa shape index (κ1) is 26.9. The van der Waals surface area contributed by atoms with Crippen molar-refractivity contribution >= 4 is 0 Å². The zero-order chi connectivity index (χ0) is 25.6. The van der Waals surface area contributed by atoms with E-state index in [-0.39, 0.29) is 23.0 Å². The van der Waals surface area contributed by atoms with Crippen LogP contribution in [0.2, 0.25) is 0 Å². The van der Waals surface area contributed by atoms with Crippen molar-refractivity contribution in [2.75, 3.05) is 46.6 Å². The molecule has 1 aromatic carbocycles. The van der Waals surface area contributed by atoms with E-state index in [1.54, 1.807) is 12.7 Å². The van der Waals surface area contributed by atoms with Crippen LogP contribution in [0.25, 0.3) is 0 Å². The Morgan fingerprint density at radius 2 is 1.83 bits per heavy atom. The van der Waals surface area contributed by atoms with Crippen LogP contribution in [0.3, 0.4) is 0 Å². The summed E-state index contributed by atoms with van der Waals surface area (Å²) < 4.78 is 26.0. The molecule has 2 aliphatic rings. The first-order valence-electron chi connectivity index (χ1n) is 13.3. The molecule has 4 rings (SSSR count). The van der Waals surface area contributed by atoms with Gasteiger partial charge in [0, 0.05) is 38.6 Å². The normalized spacial score (nSPS) is 27.6. The van der Waals surface area contributed by atoms with E-state index in [9.17, 15) is 0 Å². The minimum absolute atomic E-state index is 0.0980. The quantitative estimate of drug-likeness (QED) is 0.482.